The van der Waals surface area contributed by atoms with Crippen LogP contribution in [0, 0.1) is 0 Å². The third kappa shape index (κ3) is 5.01. The van der Waals surface area contributed by atoms with Gasteiger partial charge in [0.15, 0.2) is 5.11 Å². The average Bonchev–Trinajstić information content (AvgIpc) is 2.88. The van der Waals surface area contributed by atoms with E-state index in [4.69, 9.17) is 17.0 Å². The van der Waals surface area contributed by atoms with E-state index in [-0.39, 0.29) is 5.97 Å². The van der Waals surface area contributed by atoms with Gasteiger partial charge in [0.2, 0.25) is 0 Å². The lowest BCUT2D eigenvalue weighted by atomic mass is 10.4. The minimum absolute atomic E-state index is 0.186. The summed E-state index contributed by atoms with van der Waals surface area (Å²) in [7, 11) is 0. The van der Waals surface area contributed by atoms with Crippen LogP contribution in [0.3, 0.4) is 0 Å². The highest BCUT2D eigenvalue weighted by molar-refractivity contribution is 7.80. The molecule has 0 atom stereocenters. The van der Waals surface area contributed by atoms with E-state index in [2.05, 4.69) is 10.6 Å². The van der Waals surface area contributed by atoms with Crippen molar-refractivity contribution in [3.8, 4) is 0 Å². The van der Waals surface area contributed by atoms with Crippen molar-refractivity contribution in [2.75, 3.05) is 13.2 Å². The molecule has 0 saturated heterocycles. The first-order valence-electron chi connectivity index (χ1n) is 4.92. The number of nitrogens with one attached hydrogen (secondary N) is 2. The van der Waals surface area contributed by atoms with Crippen molar-refractivity contribution in [2.24, 2.45) is 0 Å². The molecule has 0 unspecified atom stereocenters. The van der Waals surface area contributed by atoms with Crippen LogP contribution < -0.4 is 10.6 Å². The maximum absolute atomic E-state index is 10.9. The fourth-order valence-electron chi connectivity index (χ4n) is 0.975. The van der Waals surface area contributed by atoms with Crippen LogP contribution in [0.2, 0.25) is 0 Å². The Labute approximate surface area is 89.4 Å². The van der Waals surface area contributed by atoms with Gasteiger partial charge >= 0.3 is 5.97 Å². The van der Waals surface area contributed by atoms with E-state index in [0.717, 1.165) is 0 Å². The van der Waals surface area contributed by atoms with Crippen LogP contribution in [-0.4, -0.2) is 30.3 Å². The molecule has 0 aromatic rings. The maximum Gasteiger partial charge on any atom is 0.307 e. The Balaban J connectivity index is 1.96. The van der Waals surface area contributed by atoms with Gasteiger partial charge in [-0.15, -0.1) is 0 Å². The standard InChI is InChI=1S/C9H16N2O2S/c1-2-13-8(12)5-6-10-9(14)11-7-3-4-7/h7H,2-6H2,1H3,(H2,10,11,14). The smallest absolute Gasteiger partial charge is 0.307 e. The van der Waals surface area contributed by atoms with Crippen molar-refractivity contribution in [3.63, 3.8) is 0 Å². The molecule has 0 aromatic carbocycles. The Bertz CT molecular complexity index is 217. The molecule has 4 nitrogen and oxygen atoms in total. The van der Waals surface area contributed by atoms with Crippen molar-refractivity contribution >= 4 is 23.3 Å². The van der Waals surface area contributed by atoms with Crippen LogP contribution in [0.5, 0.6) is 0 Å². The molecule has 0 radical (unpaired) electrons. The minimum Gasteiger partial charge on any atom is -0.466 e. The lowest BCUT2D eigenvalue weighted by Crippen LogP contribution is -2.37. The van der Waals surface area contributed by atoms with Crippen molar-refractivity contribution in [3.05, 3.63) is 0 Å². The molecule has 1 aliphatic rings. The Kier molecular flexibility index (Phi) is 4.65. The van der Waals surface area contributed by atoms with Gasteiger partial charge in [0.25, 0.3) is 0 Å². The van der Waals surface area contributed by atoms with Gasteiger partial charge in [-0.3, -0.25) is 4.79 Å². The summed E-state index contributed by atoms with van der Waals surface area (Å²) in [4.78, 5) is 10.9. The van der Waals surface area contributed by atoms with Crippen molar-refractivity contribution in [2.45, 2.75) is 32.2 Å². The van der Waals surface area contributed by atoms with Gasteiger partial charge in [0.1, 0.15) is 0 Å². The summed E-state index contributed by atoms with van der Waals surface area (Å²) < 4.78 is 4.77. The normalized spacial score (nSPS) is 14.6. The van der Waals surface area contributed by atoms with Crippen LogP contribution in [0.25, 0.3) is 0 Å². The third-order valence-electron chi connectivity index (χ3n) is 1.83. The number of hydrogen-bond donors (Lipinski definition) is 2. The summed E-state index contributed by atoms with van der Waals surface area (Å²) >= 11 is 5.01. The van der Waals surface area contributed by atoms with E-state index >= 15 is 0 Å². The number of ether oxygens (including phenoxy) is 1. The molecule has 1 rings (SSSR count). The minimum atomic E-state index is -0.186. The van der Waals surface area contributed by atoms with Crippen LogP contribution in [0.4, 0.5) is 0 Å². The molecule has 1 fully saturated rings. The Morgan fingerprint density at radius 2 is 2.29 bits per heavy atom. The highest BCUT2D eigenvalue weighted by Crippen LogP contribution is 2.18. The lowest BCUT2D eigenvalue weighted by molar-refractivity contribution is -0.142. The molecule has 14 heavy (non-hydrogen) atoms. The highest BCUT2D eigenvalue weighted by Gasteiger charge is 2.21. The summed E-state index contributed by atoms with van der Waals surface area (Å²) in [6, 6.07) is 0.553. The zero-order valence-electron chi connectivity index (χ0n) is 8.34. The second-order valence-corrected chi connectivity index (χ2v) is 3.64. The molecule has 0 aromatic heterocycles. The largest absolute Gasteiger partial charge is 0.466 e. The summed E-state index contributed by atoms with van der Waals surface area (Å²) in [5, 5.41) is 6.73. The summed E-state index contributed by atoms with van der Waals surface area (Å²) in [6.07, 6.45) is 2.75. The number of carbonyl (C=O) groups is 1. The van der Waals surface area contributed by atoms with Crippen LogP contribution >= 0.6 is 12.2 Å². The average molecular weight is 216 g/mol. The van der Waals surface area contributed by atoms with E-state index in [1.165, 1.54) is 12.8 Å². The number of rotatable bonds is 5. The van der Waals surface area contributed by atoms with E-state index in [1.807, 2.05) is 0 Å². The van der Waals surface area contributed by atoms with E-state index in [0.29, 0.717) is 30.7 Å². The summed E-state index contributed by atoms with van der Waals surface area (Å²) in [5.74, 6) is -0.186. The summed E-state index contributed by atoms with van der Waals surface area (Å²) in [6.45, 7) is 2.77. The topological polar surface area (TPSA) is 50.4 Å². The fraction of sp³-hybridized carbons (Fsp3) is 0.778. The lowest BCUT2D eigenvalue weighted by Gasteiger charge is -2.08. The molecule has 1 aliphatic carbocycles. The van der Waals surface area contributed by atoms with E-state index in [9.17, 15) is 4.79 Å². The number of hydrogen-bond acceptors (Lipinski definition) is 3. The van der Waals surface area contributed by atoms with Crippen molar-refractivity contribution in [1.82, 2.24) is 10.6 Å². The van der Waals surface area contributed by atoms with Gasteiger partial charge in [0.05, 0.1) is 13.0 Å². The van der Waals surface area contributed by atoms with Gasteiger partial charge < -0.3 is 15.4 Å². The zero-order valence-corrected chi connectivity index (χ0v) is 9.15. The summed E-state index contributed by atoms with van der Waals surface area (Å²) in [5.41, 5.74) is 0. The Morgan fingerprint density at radius 3 is 2.86 bits per heavy atom. The maximum atomic E-state index is 10.9. The van der Waals surface area contributed by atoms with E-state index < -0.39 is 0 Å². The van der Waals surface area contributed by atoms with Gasteiger partial charge in [-0.05, 0) is 32.0 Å². The Hall–Kier alpha value is -0.840. The molecular formula is C9H16N2O2S. The van der Waals surface area contributed by atoms with Crippen LogP contribution in [0.15, 0.2) is 0 Å². The van der Waals surface area contributed by atoms with Gasteiger partial charge in [-0.1, -0.05) is 0 Å². The monoisotopic (exact) mass is 216 g/mol. The van der Waals surface area contributed by atoms with Gasteiger partial charge in [-0.25, -0.2) is 0 Å². The van der Waals surface area contributed by atoms with Gasteiger partial charge in [0, 0.05) is 12.6 Å². The number of esters is 1. The van der Waals surface area contributed by atoms with Crippen molar-refractivity contribution in [1.29, 1.82) is 0 Å². The molecule has 2 N–H and O–H groups in total. The predicted molar refractivity (Wildman–Crippen MR) is 58.0 cm³/mol. The quantitative estimate of drug-likeness (QED) is 0.519. The SMILES string of the molecule is CCOC(=O)CCNC(=S)NC1CC1. The first kappa shape index (κ1) is 11.2. The molecule has 0 bridgehead atoms. The molecule has 1 saturated carbocycles. The molecule has 0 amide bonds. The van der Waals surface area contributed by atoms with Crippen LogP contribution in [-0.2, 0) is 9.53 Å². The van der Waals surface area contributed by atoms with Gasteiger partial charge in [-0.2, -0.15) is 0 Å². The molecular weight excluding hydrogens is 200 g/mol. The molecule has 0 heterocycles. The predicted octanol–water partition coefficient (Wildman–Crippen LogP) is 0.566. The zero-order chi connectivity index (χ0) is 10.4. The molecule has 0 aliphatic heterocycles. The highest BCUT2D eigenvalue weighted by atomic mass is 32.1. The van der Waals surface area contributed by atoms with Crippen molar-refractivity contribution < 1.29 is 9.53 Å². The second-order valence-electron chi connectivity index (χ2n) is 3.23. The Morgan fingerprint density at radius 1 is 1.57 bits per heavy atom. The fourth-order valence-corrected chi connectivity index (χ4v) is 1.24. The number of carbonyl (C=O) groups excluding carboxylic acids is 1. The third-order valence-corrected chi connectivity index (χ3v) is 2.09. The molecule has 5 heteroatoms. The van der Waals surface area contributed by atoms with Crippen LogP contribution in [0.1, 0.15) is 26.2 Å². The second kappa shape index (κ2) is 5.80. The molecule has 80 valence electrons. The molecule has 0 spiro atoms. The first-order chi connectivity index (χ1) is 6.72. The first-order valence-corrected chi connectivity index (χ1v) is 5.33. The number of thiocarbonyl (C=S) groups is 1. The van der Waals surface area contributed by atoms with E-state index in [1.54, 1.807) is 6.92 Å².